The quantitative estimate of drug-likeness (QED) is 0.855. The number of nitrogens with zero attached hydrogens (tertiary/aromatic N) is 3. The van der Waals surface area contributed by atoms with Crippen LogP contribution in [0.3, 0.4) is 0 Å². The van der Waals surface area contributed by atoms with Gasteiger partial charge in [0.25, 0.3) is 5.91 Å². The standard InChI is InChI=1S/C8H9ClF3N3OS/c1-2-3-15(4-8(10,11)12)6(16)5-13-14-7(9)17-5/h2-4H2,1H3. The fourth-order valence-corrected chi connectivity index (χ4v) is 1.96. The molecule has 0 aliphatic heterocycles. The average Bonchev–Trinajstić information content (AvgIpc) is 2.61. The number of aromatic nitrogens is 2. The van der Waals surface area contributed by atoms with Gasteiger partial charge in [-0.3, -0.25) is 4.79 Å². The van der Waals surface area contributed by atoms with E-state index >= 15 is 0 Å². The zero-order chi connectivity index (χ0) is 13.1. The number of alkyl halides is 3. The molecule has 0 radical (unpaired) electrons. The molecule has 0 bridgehead atoms. The second-order valence-electron chi connectivity index (χ2n) is 3.20. The molecule has 0 atom stereocenters. The van der Waals surface area contributed by atoms with Crippen LogP contribution < -0.4 is 0 Å². The number of rotatable bonds is 4. The third-order valence-electron chi connectivity index (χ3n) is 1.73. The monoisotopic (exact) mass is 287 g/mol. The Morgan fingerprint density at radius 2 is 2.12 bits per heavy atom. The maximum Gasteiger partial charge on any atom is 0.406 e. The Kier molecular flexibility index (Phi) is 4.70. The van der Waals surface area contributed by atoms with E-state index in [1.54, 1.807) is 6.92 Å². The van der Waals surface area contributed by atoms with E-state index in [2.05, 4.69) is 10.2 Å². The molecule has 9 heteroatoms. The third-order valence-corrected chi connectivity index (χ3v) is 2.74. The first-order chi connectivity index (χ1) is 7.83. The summed E-state index contributed by atoms with van der Waals surface area (Å²) in [6.07, 6.45) is -4.01. The molecule has 4 nitrogen and oxygen atoms in total. The first kappa shape index (κ1) is 14.2. The smallest absolute Gasteiger partial charge is 0.327 e. The summed E-state index contributed by atoms with van der Waals surface area (Å²) < 4.78 is 36.8. The predicted molar refractivity (Wildman–Crippen MR) is 57.2 cm³/mol. The second kappa shape index (κ2) is 5.63. The molecule has 1 heterocycles. The zero-order valence-corrected chi connectivity index (χ0v) is 10.4. The van der Waals surface area contributed by atoms with Crippen LogP contribution in [0.4, 0.5) is 13.2 Å². The number of halogens is 4. The van der Waals surface area contributed by atoms with Gasteiger partial charge < -0.3 is 4.90 Å². The zero-order valence-electron chi connectivity index (χ0n) is 8.79. The van der Waals surface area contributed by atoms with E-state index < -0.39 is 18.6 Å². The lowest BCUT2D eigenvalue weighted by Gasteiger charge is -2.21. The Hall–Kier alpha value is -0.890. The van der Waals surface area contributed by atoms with E-state index in [4.69, 9.17) is 11.6 Å². The van der Waals surface area contributed by atoms with Gasteiger partial charge in [-0.1, -0.05) is 18.3 Å². The summed E-state index contributed by atoms with van der Waals surface area (Å²) in [4.78, 5) is 12.4. The minimum atomic E-state index is -4.43. The van der Waals surface area contributed by atoms with Crippen LogP contribution in [0, 0.1) is 0 Å². The van der Waals surface area contributed by atoms with Crippen LogP contribution in [0.25, 0.3) is 0 Å². The molecule has 0 saturated carbocycles. The highest BCUT2D eigenvalue weighted by molar-refractivity contribution is 7.17. The van der Waals surface area contributed by atoms with E-state index in [1.165, 1.54) is 0 Å². The molecule has 0 aromatic carbocycles. The molecule has 17 heavy (non-hydrogen) atoms. The van der Waals surface area contributed by atoms with Crippen LogP contribution in [0.5, 0.6) is 0 Å². The van der Waals surface area contributed by atoms with Crippen LogP contribution in [0.15, 0.2) is 0 Å². The van der Waals surface area contributed by atoms with Gasteiger partial charge in [-0.2, -0.15) is 13.2 Å². The molecule has 1 aromatic rings. The lowest BCUT2D eigenvalue weighted by Crippen LogP contribution is -2.39. The van der Waals surface area contributed by atoms with E-state index in [0.717, 1.165) is 11.3 Å². The van der Waals surface area contributed by atoms with Crippen molar-refractivity contribution in [2.45, 2.75) is 19.5 Å². The summed E-state index contributed by atoms with van der Waals surface area (Å²) in [5.74, 6) is -0.798. The van der Waals surface area contributed by atoms with Gasteiger partial charge in [0.2, 0.25) is 9.47 Å². The molecular formula is C8H9ClF3N3OS. The highest BCUT2D eigenvalue weighted by Crippen LogP contribution is 2.21. The van der Waals surface area contributed by atoms with Gasteiger partial charge in [0.1, 0.15) is 6.54 Å². The topological polar surface area (TPSA) is 46.1 Å². The van der Waals surface area contributed by atoms with E-state index in [9.17, 15) is 18.0 Å². The number of carbonyl (C=O) groups excluding carboxylic acids is 1. The van der Waals surface area contributed by atoms with Gasteiger partial charge in [0, 0.05) is 6.54 Å². The van der Waals surface area contributed by atoms with Gasteiger partial charge in [0.15, 0.2) is 0 Å². The predicted octanol–water partition coefficient (Wildman–Crippen LogP) is 2.61. The summed E-state index contributed by atoms with van der Waals surface area (Å²) in [5, 5.41) is 6.68. The van der Waals surface area contributed by atoms with Gasteiger partial charge in [-0.15, -0.1) is 10.2 Å². The highest BCUT2D eigenvalue weighted by Gasteiger charge is 2.33. The van der Waals surface area contributed by atoms with Gasteiger partial charge >= 0.3 is 6.18 Å². The van der Waals surface area contributed by atoms with E-state index in [1.807, 2.05) is 0 Å². The fraction of sp³-hybridized carbons (Fsp3) is 0.625. The van der Waals surface area contributed by atoms with Crippen molar-refractivity contribution in [3.05, 3.63) is 9.47 Å². The molecule has 0 N–H and O–H groups in total. The van der Waals surface area contributed by atoms with Crippen molar-refractivity contribution in [1.82, 2.24) is 15.1 Å². The maximum atomic E-state index is 12.3. The molecule has 0 aliphatic rings. The Morgan fingerprint density at radius 1 is 1.47 bits per heavy atom. The van der Waals surface area contributed by atoms with E-state index in [0.29, 0.717) is 11.3 Å². The SMILES string of the molecule is CCCN(CC(F)(F)F)C(=O)c1nnc(Cl)s1. The van der Waals surface area contributed by atoms with Crippen molar-refractivity contribution < 1.29 is 18.0 Å². The number of hydrogen-bond donors (Lipinski definition) is 0. The first-order valence-corrected chi connectivity index (χ1v) is 5.88. The Labute approximate surface area is 104 Å². The summed E-state index contributed by atoms with van der Waals surface area (Å²) >= 11 is 6.23. The van der Waals surface area contributed by atoms with Crippen LogP contribution in [0.1, 0.15) is 23.1 Å². The Balaban J connectivity index is 2.80. The minimum Gasteiger partial charge on any atom is -0.327 e. The van der Waals surface area contributed by atoms with Crippen molar-refractivity contribution in [3.8, 4) is 0 Å². The van der Waals surface area contributed by atoms with Crippen molar-refractivity contribution in [2.75, 3.05) is 13.1 Å². The van der Waals surface area contributed by atoms with Gasteiger partial charge in [0.05, 0.1) is 0 Å². The molecule has 1 aromatic heterocycles. The maximum absolute atomic E-state index is 12.3. The van der Waals surface area contributed by atoms with Crippen LogP contribution in [-0.2, 0) is 0 Å². The molecular weight excluding hydrogens is 279 g/mol. The molecule has 0 spiro atoms. The normalized spacial score (nSPS) is 11.6. The lowest BCUT2D eigenvalue weighted by molar-refractivity contribution is -0.140. The van der Waals surface area contributed by atoms with Crippen molar-refractivity contribution in [3.63, 3.8) is 0 Å². The van der Waals surface area contributed by atoms with Crippen LogP contribution in [0.2, 0.25) is 4.47 Å². The molecule has 0 saturated heterocycles. The third kappa shape index (κ3) is 4.47. The number of amides is 1. The summed E-state index contributed by atoms with van der Waals surface area (Å²) in [5.41, 5.74) is 0. The molecule has 0 fully saturated rings. The Bertz CT molecular complexity index is 396. The van der Waals surface area contributed by atoms with Gasteiger partial charge in [-0.25, -0.2) is 0 Å². The van der Waals surface area contributed by atoms with Crippen molar-refractivity contribution in [1.29, 1.82) is 0 Å². The first-order valence-electron chi connectivity index (χ1n) is 4.68. The highest BCUT2D eigenvalue weighted by atomic mass is 35.5. The molecule has 0 aliphatic carbocycles. The molecule has 96 valence electrons. The summed E-state index contributed by atoms with van der Waals surface area (Å²) in [7, 11) is 0. The van der Waals surface area contributed by atoms with Gasteiger partial charge in [-0.05, 0) is 18.0 Å². The molecule has 0 unspecified atom stereocenters. The minimum absolute atomic E-state index is 0.00947. The largest absolute Gasteiger partial charge is 0.406 e. The number of carbonyl (C=O) groups is 1. The van der Waals surface area contributed by atoms with Crippen LogP contribution in [-0.4, -0.2) is 40.3 Å². The van der Waals surface area contributed by atoms with Crippen LogP contribution >= 0.6 is 22.9 Å². The molecule has 1 amide bonds. The summed E-state index contributed by atoms with van der Waals surface area (Å²) in [6.45, 7) is 0.399. The Morgan fingerprint density at radius 3 is 2.53 bits per heavy atom. The second-order valence-corrected chi connectivity index (χ2v) is 4.76. The van der Waals surface area contributed by atoms with Crippen molar-refractivity contribution >= 4 is 28.8 Å². The number of hydrogen-bond acceptors (Lipinski definition) is 4. The van der Waals surface area contributed by atoms with E-state index in [-0.39, 0.29) is 16.0 Å². The molecule has 1 rings (SSSR count). The summed E-state index contributed by atoms with van der Waals surface area (Å²) in [6, 6.07) is 0. The fourth-order valence-electron chi connectivity index (χ4n) is 1.17. The average molecular weight is 288 g/mol. The van der Waals surface area contributed by atoms with Crippen molar-refractivity contribution in [2.24, 2.45) is 0 Å². The lowest BCUT2D eigenvalue weighted by atomic mass is 10.4.